The second-order valence-electron chi connectivity index (χ2n) is 9.76. The van der Waals surface area contributed by atoms with Crippen molar-refractivity contribution in [1.82, 2.24) is 0 Å². The molecule has 2 fully saturated rings. The first kappa shape index (κ1) is 31.8. The minimum absolute atomic E-state index is 0.0809. The second kappa shape index (κ2) is 13.9. The Bertz CT molecular complexity index is 1220. The highest BCUT2D eigenvalue weighted by Gasteiger charge is 2.46. The molecule has 8 N–H and O–H groups in total. The predicted molar refractivity (Wildman–Crippen MR) is 142 cm³/mol. The van der Waals surface area contributed by atoms with Gasteiger partial charge in [0.05, 0.1) is 20.3 Å². The maximum absolute atomic E-state index is 12.8. The number of carbonyl (C=O) groups is 1. The first-order valence-corrected chi connectivity index (χ1v) is 13.0. The SMILES string of the molecule is COc1cc(C(=O)C=Cc2ccc(O[C@H]3O[C@@H](CO)[C@H](O)[C@@H](O)[C@@H]3O)cc2)ccc1O[C@@H]1O[C@H](CO)[C@@H](O)[C@H](O)[C@H]1O. The van der Waals surface area contributed by atoms with Crippen molar-refractivity contribution in [3.63, 3.8) is 0 Å². The molecule has 0 amide bonds. The zero-order chi connectivity index (χ0) is 30.6. The number of ether oxygens (including phenoxy) is 5. The Morgan fingerprint density at radius 2 is 1.29 bits per heavy atom. The van der Waals surface area contributed by atoms with E-state index in [4.69, 9.17) is 23.7 Å². The van der Waals surface area contributed by atoms with Crippen LogP contribution in [0, 0.1) is 0 Å². The zero-order valence-electron chi connectivity index (χ0n) is 22.4. The van der Waals surface area contributed by atoms with Gasteiger partial charge in [0.2, 0.25) is 12.6 Å². The van der Waals surface area contributed by atoms with Gasteiger partial charge in [-0.3, -0.25) is 4.79 Å². The van der Waals surface area contributed by atoms with Gasteiger partial charge in [0.25, 0.3) is 0 Å². The first-order valence-electron chi connectivity index (χ1n) is 13.0. The van der Waals surface area contributed by atoms with E-state index in [1.165, 1.54) is 31.4 Å². The Kier molecular flexibility index (Phi) is 10.5. The van der Waals surface area contributed by atoms with Crippen LogP contribution >= 0.6 is 0 Å². The number of carbonyl (C=O) groups excluding carboxylic acids is 1. The molecule has 0 unspecified atom stereocenters. The van der Waals surface area contributed by atoms with Gasteiger partial charge in [-0.1, -0.05) is 18.2 Å². The van der Waals surface area contributed by atoms with Crippen molar-refractivity contribution < 1.29 is 69.3 Å². The van der Waals surface area contributed by atoms with Crippen LogP contribution in [0.1, 0.15) is 15.9 Å². The molecule has 2 heterocycles. The number of aliphatic hydroxyl groups is 8. The van der Waals surface area contributed by atoms with E-state index in [0.29, 0.717) is 5.56 Å². The van der Waals surface area contributed by atoms with Gasteiger partial charge in [0.1, 0.15) is 54.6 Å². The third-order valence-corrected chi connectivity index (χ3v) is 6.95. The summed E-state index contributed by atoms with van der Waals surface area (Å²) in [4.78, 5) is 12.8. The van der Waals surface area contributed by atoms with Crippen LogP contribution in [-0.2, 0) is 9.47 Å². The molecule has 2 aliphatic rings. The molecule has 4 rings (SSSR count). The molecular formula is C28H34O14. The molecule has 14 nitrogen and oxygen atoms in total. The number of rotatable bonds is 10. The fourth-order valence-corrected chi connectivity index (χ4v) is 4.43. The van der Waals surface area contributed by atoms with Gasteiger partial charge in [-0.05, 0) is 42.0 Å². The van der Waals surface area contributed by atoms with Gasteiger partial charge in [-0.25, -0.2) is 0 Å². The first-order chi connectivity index (χ1) is 20.1. The van der Waals surface area contributed by atoms with Crippen LogP contribution in [0.25, 0.3) is 6.08 Å². The maximum Gasteiger partial charge on any atom is 0.229 e. The summed E-state index contributed by atoms with van der Waals surface area (Å²) in [6.45, 7) is -1.20. The normalized spacial score (nSPS) is 33.4. The fraction of sp³-hybridized carbons (Fsp3) is 0.464. The molecule has 2 aromatic carbocycles. The lowest BCUT2D eigenvalue weighted by Gasteiger charge is -2.39. The number of allylic oxidation sites excluding steroid dienone is 1. The van der Waals surface area contributed by atoms with E-state index in [1.54, 1.807) is 30.3 Å². The highest BCUT2D eigenvalue weighted by molar-refractivity contribution is 6.07. The third kappa shape index (κ3) is 6.90. The van der Waals surface area contributed by atoms with Crippen molar-refractivity contribution >= 4 is 11.9 Å². The van der Waals surface area contributed by atoms with Crippen LogP contribution in [0.2, 0.25) is 0 Å². The zero-order valence-corrected chi connectivity index (χ0v) is 22.4. The van der Waals surface area contributed by atoms with Gasteiger partial charge in [0, 0.05) is 5.56 Å². The molecule has 0 aliphatic carbocycles. The lowest BCUT2D eigenvalue weighted by molar-refractivity contribution is -0.277. The van der Waals surface area contributed by atoms with E-state index in [-0.39, 0.29) is 28.6 Å². The molecule has 0 radical (unpaired) electrons. The van der Waals surface area contributed by atoms with Crippen LogP contribution in [0.4, 0.5) is 0 Å². The standard InChI is InChI=1S/C28H34O14/c1-38-18-10-14(5-9-17(18)40-28-26(37)24(35)22(33)20(12-30)42-28)16(31)8-4-13-2-6-15(7-3-13)39-27-25(36)23(34)21(32)19(11-29)41-27/h2-10,19-30,32-37H,11-12H2,1H3/t19-,20+,21-,22+,23+,24-,25-,26+,27-,28+/m0/s1. The Balaban J connectivity index is 1.39. The van der Waals surface area contributed by atoms with Crippen LogP contribution in [0.15, 0.2) is 48.5 Å². The molecule has 14 heteroatoms. The van der Waals surface area contributed by atoms with Crippen molar-refractivity contribution in [1.29, 1.82) is 0 Å². The number of methoxy groups -OCH3 is 1. The summed E-state index contributed by atoms with van der Waals surface area (Å²) in [7, 11) is 1.34. The second-order valence-corrected chi connectivity index (χ2v) is 9.76. The number of ketones is 1. The van der Waals surface area contributed by atoms with Crippen molar-refractivity contribution in [3.05, 3.63) is 59.7 Å². The molecular weight excluding hydrogens is 560 g/mol. The summed E-state index contributed by atoms with van der Waals surface area (Å²) in [5, 5.41) is 78.7. The number of aliphatic hydroxyl groups excluding tert-OH is 8. The average Bonchev–Trinajstić information content (AvgIpc) is 3.01. The average molecular weight is 595 g/mol. The molecule has 42 heavy (non-hydrogen) atoms. The van der Waals surface area contributed by atoms with Crippen molar-refractivity contribution in [2.75, 3.05) is 20.3 Å². The largest absolute Gasteiger partial charge is 0.493 e. The van der Waals surface area contributed by atoms with Gasteiger partial charge >= 0.3 is 0 Å². The van der Waals surface area contributed by atoms with Crippen LogP contribution in [-0.4, -0.2) is 128 Å². The van der Waals surface area contributed by atoms with Crippen LogP contribution in [0.3, 0.4) is 0 Å². The molecule has 2 aliphatic heterocycles. The molecule has 0 saturated carbocycles. The Morgan fingerprint density at radius 3 is 1.81 bits per heavy atom. The van der Waals surface area contributed by atoms with Crippen molar-refractivity contribution in [2.45, 2.75) is 61.4 Å². The minimum Gasteiger partial charge on any atom is -0.493 e. The molecule has 0 spiro atoms. The van der Waals surface area contributed by atoms with Crippen LogP contribution in [0.5, 0.6) is 17.2 Å². The monoisotopic (exact) mass is 594 g/mol. The Morgan fingerprint density at radius 1 is 0.738 bits per heavy atom. The molecule has 0 aromatic heterocycles. The number of benzene rings is 2. The molecule has 230 valence electrons. The highest BCUT2D eigenvalue weighted by Crippen LogP contribution is 2.32. The van der Waals surface area contributed by atoms with E-state index in [9.17, 15) is 45.6 Å². The fourth-order valence-electron chi connectivity index (χ4n) is 4.43. The summed E-state index contributed by atoms with van der Waals surface area (Å²) in [6, 6.07) is 10.6. The highest BCUT2D eigenvalue weighted by atomic mass is 16.7. The van der Waals surface area contributed by atoms with Gasteiger partial charge < -0.3 is 64.5 Å². The van der Waals surface area contributed by atoms with E-state index >= 15 is 0 Å². The van der Waals surface area contributed by atoms with Gasteiger partial charge in [-0.15, -0.1) is 0 Å². The van der Waals surface area contributed by atoms with E-state index in [0.717, 1.165) is 0 Å². The van der Waals surface area contributed by atoms with Gasteiger partial charge in [0.15, 0.2) is 17.3 Å². The summed E-state index contributed by atoms with van der Waals surface area (Å²) in [5.41, 5.74) is 0.867. The number of hydrogen-bond acceptors (Lipinski definition) is 14. The van der Waals surface area contributed by atoms with Crippen LogP contribution < -0.4 is 14.2 Å². The molecule has 10 atom stereocenters. The molecule has 2 saturated heterocycles. The summed E-state index contributed by atoms with van der Waals surface area (Å²) < 4.78 is 27.1. The lowest BCUT2D eigenvalue weighted by atomic mass is 9.99. The Labute approximate surface area is 240 Å². The quantitative estimate of drug-likeness (QED) is 0.110. The van der Waals surface area contributed by atoms with E-state index in [1.807, 2.05) is 0 Å². The van der Waals surface area contributed by atoms with Gasteiger partial charge in [-0.2, -0.15) is 0 Å². The third-order valence-electron chi connectivity index (χ3n) is 6.95. The van der Waals surface area contributed by atoms with E-state index < -0.39 is 74.6 Å². The van der Waals surface area contributed by atoms with Crippen molar-refractivity contribution in [3.8, 4) is 17.2 Å². The lowest BCUT2D eigenvalue weighted by Crippen LogP contribution is -2.60. The smallest absolute Gasteiger partial charge is 0.229 e. The van der Waals surface area contributed by atoms with E-state index in [2.05, 4.69) is 0 Å². The summed E-state index contributed by atoms with van der Waals surface area (Å²) in [5.74, 6) is 0.0927. The topological polar surface area (TPSA) is 225 Å². The molecule has 2 aromatic rings. The minimum atomic E-state index is -1.62. The predicted octanol–water partition coefficient (Wildman–Crippen LogP) is -2.05. The molecule has 0 bridgehead atoms. The summed E-state index contributed by atoms with van der Waals surface area (Å²) in [6.07, 6.45) is -11.5. The van der Waals surface area contributed by atoms with Crippen molar-refractivity contribution in [2.24, 2.45) is 0 Å². The number of hydrogen-bond donors (Lipinski definition) is 8. The summed E-state index contributed by atoms with van der Waals surface area (Å²) >= 11 is 0. The maximum atomic E-state index is 12.8. The Hall–Kier alpha value is -3.15.